The van der Waals surface area contributed by atoms with Crippen molar-refractivity contribution in [2.75, 3.05) is 6.54 Å². The Bertz CT molecular complexity index is 507. The second kappa shape index (κ2) is 7.41. The second-order valence-corrected chi connectivity index (χ2v) is 6.82. The van der Waals surface area contributed by atoms with Crippen LogP contribution in [-0.2, 0) is 6.42 Å². The van der Waals surface area contributed by atoms with Gasteiger partial charge in [-0.15, -0.1) is 11.3 Å². The van der Waals surface area contributed by atoms with Gasteiger partial charge in [-0.2, -0.15) is 0 Å². The van der Waals surface area contributed by atoms with Crippen LogP contribution in [0.25, 0.3) is 0 Å². The van der Waals surface area contributed by atoms with E-state index in [0.29, 0.717) is 6.04 Å². The van der Waals surface area contributed by atoms with Crippen LogP contribution >= 0.6 is 33.9 Å². The molecule has 0 aliphatic rings. The number of hydrogen-bond donors (Lipinski definition) is 1. The first-order chi connectivity index (χ1) is 9.22. The number of benzene rings is 1. The standard InChI is InChI=1S/C16H20INS/c1-3-18-15(10-9-13-7-5-11-19-13)14-8-4-6-12(2)16(14)17/h4-8,11,15,18H,3,9-10H2,1-2H3. The van der Waals surface area contributed by atoms with Gasteiger partial charge in [0.2, 0.25) is 0 Å². The molecule has 0 aliphatic heterocycles. The van der Waals surface area contributed by atoms with Gasteiger partial charge in [-0.05, 0) is 71.5 Å². The van der Waals surface area contributed by atoms with Crippen LogP contribution in [0.5, 0.6) is 0 Å². The summed E-state index contributed by atoms with van der Waals surface area (Å²) in [5.74, 6) is 0. The Balaban J connectivity index is 2.12. The minimum Gasteiger partial charge on any atom is -0.310 e. The molecular weight excluding hydrogens is 365 g/mol. The lowest BCUT2D eigenvalue weighted by Gasteiger charge is -2.20. The predicted octanol–water partition coefficient (Wildman–Crippen LogP) is 4.94. The quantitative estimate of drug-likeness (QED) is 0.695. The lowest BCUT2D eigenvalue weighted by molar-refractivity contribution is 0.515. The van der Waals surface area contributed by atoms with Crippen LogP contribution < -0.4 is 5.32 Å². The topological polar surface area (TPSA) is 12.0 Å². The van der Waals surface area contributed by atoms with Crippen molar-refractivity contribution in [3.05, 3.63) is 55.3 Å². The number of aryl methyl sites for hydroxylation is 2. The van der Waals surface area contributed by atoms with Crippen molar-refractivity contribution in [1.82, 2.24) is 5.32 Å². The van der Waals surface area contributed by atoms with Gasteiger partial charge >= 0.3 is 0 Å². The first-order valence-electron chi connectivity index (χ1n) is 6.73. The third-order valence-electron chi connectivity index (χ3n) is 3.31. The van der Waals surface area contributed by atoms with Crippen molar-refractivity contribution in [1.29, 1.82) is 0 Å². The molecule has 2 rings (SSSR count). The fourth-order valence-electron chi connectivity index (χ4n) is 2.29. The molecule has 1 N–H and O–H groups in total. The molecule has 1 atom stereocenters. The molecule has 1 heterocycles. The summed E-state index contributed by atoms with van der Waals surface area (Å²) in [6.45, 7) is 5.38. The Labute approximate surface area is 133 Å². The van der Waals surface area contributed by atoms with E-state index in [4.69, 9.17) is 0 Å². The number of halogens is 1. The molecule has 0 fully saturated rings. The molecule has 102 valence electrons. The Morgan fingerprint density at radius 3 is 2.79 bits per heavy atom. The molecule has 19 heavy (non-hydrogen) atoms. The fourth-order valence-corrected chi connectivity index (χ4v) is 3.75. The molecule has 0 aliphatic carbocycles. The van der Waals surface area contributed by atoms with Crippen molar-refractivity contribution in [2.45, 2.75) is 32.7 Å². The van der Waals surface area contributed by atoms with Crippen LogP contribution in [0.3, 0.4) is 0 Å². The summed E-state index contributed by atoms with van der Waals surface area (Å²) >= 11 is 4.33. The molecule has 0 radical (unpaired) electrons. The second-order valence-electron chi connectivity index (χ2n) is 4.71. The maximum atomic E-state index is 3.63. The SMILES string of the molecule is CCNC(CCc1cccs1)c1cccc(C)c1I. The highest BCUT2D eigenvalue weighted by Crippen LogP contribution is 2.27. The molecular formula is C16H20INS. The highest BCUT2D eigenvalue weighted by atomic mass is 127. The summed E-state index contributed by atoms with van der Waals surface area (Å²) in [7, 11) is 0. The van der Waals surface area contributed by atoms with Crippen LogP contribution in [0.4, 0.5) is 0 Å². The third kappa shape index (κ3) is 4.04. The van der Waals surface area contributed by atoms with E-state index in [1.54, 1.807) is 0 Å². The highest BCUT2D eigenvalue weighted by molar-refractivity contribution is 14.1. The summed E-state index contributed by atoms with van der Waals surface area (Å²) in [5, 5.41) is 5.79. The van der Waals surface area contributed by atoms with E-state index in [0.717, 1.165) is 19.4 Å². The number of hydrogen-bond acceptors (Lipinski definition) is 2. The van der Waals surface area contributed by atoms with Crippen LogP contribution in [0.1, 0.15) is 35.4 Å². The summed E-state index contributed by atoms with van der Waals surface area (Å²) in [4.78, 5) is 1.48. The van der Waals surface area contributed by atoms with Gasteiger partial charge < -0.3 is 5.32 Å². The number of nitrogens with one attached hydrogen (secondary N) is 1. The molecule has 0 saturated heterocycles. The summed E-state index contributed by atoms with van der Waals surface area (Å²) in [6, 6.07) is 11.4. The highest BCUT2D eigenvalue weighted by Gasteiger charge is 2.14. The minimum absolute atomic E-state index is 0.457. The zero-order chi connectivity index (χ0) is 13.7. The number of thiophene rings is 1. The van der Waals surface area contributed by atoms with E-state index in [1.165, 1.54) is 19.6 Å². The van der Waals surface area contributed by atoms with Crippen molar-refractivity contribution in [2.24, 2.45) is 0 Å². The average molecular weight is 385 g/mol. The summed E-state index contributed by atoms with van der Waals surface area (Å²) < 4.78 is 1.40. The normalized spacial score (nSPS) is 12.6. The lowest BCUT2D eigenvalue weighted by atomic mass is 10.00. The lowest BCUT2D eigenvalue weighted by Crippen LogP contribution is -2.22. The van der Waals surface area contributed by atoms with Gasteiger partial charge in [0.05, 0.1) is 0 Å². The van der Waals surface area contributed by atoms with Crippen LogP contribution in [0.15, 0.2) is 35.7 Å². The molecule has 0 amide bonds. The monoisotopic (exact) mass is 385 g/mol. The Hall–Kier alpha value is -0.390. The molecule has 0 bridgehead atoms. The molecule has 0 saturated carbocycles. The van der Waals surface area contributed by atoms with Crippen LogP contribution in [-0.4, -0.2) is 6.54 Å². The van der Waals surface area contributed by atoms with Gasteiger partial charge in [-0.3, -0.25) is 0 Å². The summed E-state index contributed by atoms with van der Waals surface area (Å²) in [5.41, 5.74) is 2.82. The maximum absolute atomic E-state index is 3.63. The van der Waals surface area contributed by atoms with Gasteiger partial charge in [0.25, 0.3) is 0 Å². The van der Waals surface area contributed by atoms with Gasteiger partial charge in [-0.1, -0.05) is 31.2 Å². The van der Waals surface area contributed by atoms with Gasteiger partial charge in [0, 0.05) is 14.5 Å². The Morgan fingerprint density at radius 1 is 1.26 bits per heavy atom. The minimum atomic E-state index is 0.457. The Kier molecular flexibility index (Phi) is 5.85. The smallest absolute Gasteiger partial charge is 0.0334 e. The van der Waals surface area contributed by atoms with E-state index in [2.05, 4.69) is 77.5 Å². The molecule has 3 heteroatoms. The van der Waals surface area contributed by atoms with Crippen LogP contribution in [0, 0.1) is 10.5 Å². The van der Waals surface area contributed by atoms with Crippen molar-refractivity contribution in [3.8, 4) is 0 Å². The average Bonchev–Trinajstić information content (AvgIpc) is 2.91. The molecule has 1 aromatic heterocycles. The third-order valence-corrected chi connectivity index (χ3v) is 5.72. The predicted molar refractivity (Wildman–Crippen MR) is 93.0 cm³/mol. The summed E-state index contributed by atoms with van der Waals surface area (Å²) in [6.07, 6.45) is 2.31. The molecule has 1 nitrogen and oxygen atoms in total. The first kappa shape index (κ1) is 15.0. The van der Waals surface area contributed by atoms with Gasteiger partial charge in [0.15, 0.2) is 0 Å². The van der Waals surface area contributed by atoms with E-state index in [9.17, 15) is 0 Å². The fraction of sp³-hybridized carbons (Fsp3) is 0.375. The maximum Gasteiger partial charge on any atom is 0.0334 e. The van der Waals surface area contributed by atoms with Crippen molar-refractivity contribution < 1.29 is 0 Å². The van der Waals surface area contributed by atoms with E-state index < -0.39 is 0 Å². The first-order valence-corrected chi connectivity index (χ1v) is 8.69. The largest absolute Gasteiger partial charge is 0.310 e. The number of rotatable bonds is 6. The molecule has 1 aromatic carbocycles. The van der Waals surface area contributed by atoms with Crippen molar-refractivity contribution >= 4 is 33.9 Å². The van der Waals surface area contributed by atoms with Crippen molar-refractivity contribution in [3.63, 3.8) is 0 Å². The Morgan fingerprint density at radius 2 is 2.11 bits per heavy atom. The molecule has 1 unspecified atom stereocenters. The van der Waals surface area contributed by atoms with E-state index in [1.807, 2.05) is 11.3 Å². The van der Waals surface area contributed by atoms with E-state index in [-0.39, 0.29) is 0 Å². The van der Waals surface area contributed by atoms with Gasteiger partial charge in [-0.25, -0.2) is 0 Å². The molecule has 2 aromatic rings. The van der Waals surface area contributed by atoms with Crippen LogP contribution in [0.2, 0.25) is 0 Å². The zero-order valence-electron chi connectivity index (χ0n) is 11.4. The van der Waals surface area contributed by atoms with Gasteiger partial charge in [0.1, 0.15) is 0 Å². The van der Waals surface area contributed by atoms with E-state index >= 15 is 0 Å². The molecule has 0 spiro atoms. The zero-order valence-corrected chi connectivity index (χ0v) is 14.4.